The first-order valence-electron chi connectivity index (χ1n) is 5.46. The molecule has 0 unspecified atom stereocenters. The Morgan fingerprint density at radius 2 is 1.88 bits per heavy atom. The number of rotatable bonds is 3. The van der Waals surface area contributed by atoms with Crippen LogP contribution in [0.15, 0.2) is 24.3 Å². The Hall–Kier alpha value is -0.910. The molecule has 0 saturated heterocycles. The Morgan fingerprint density at radius 3 is 2.24 bits per heavy atom. The Morgan fingerprint density at radius 1 is 1.35 bits per heavy atom. The Balaban J connectivity index is 2.37. The molecule has 94 valence electrons. The lowest BCUT2D eigenvalue weighted by atomic mass is 10.1. The first-order chi connectivity index (χ1) is 7.80. The number of hydrogen-bond donors (Lipinski definition) is 2. The third-order valence-electron chi connectivity index (χ3n) is 3.47. The van der Waals surface area contributed by atoms with Gasteiger partial charge in [-0.3, -0.25) is 0 Å². The van der Waals surface area contributed by atoms with Gasteiger partial charge in [0.2, 0.25) is 0 Å². The number of nitrogens with two attached hydrogens (primary N) is 1. The van der Waals surface area contributed by atoms with Crippen molar-refractivity contribution in [1.82, 2.24) is 0 Å². The number of aliphatic hydroxyl groups excluding tert-OH is 1. The topological polar surface area (TPSA) is 80.4 Å². The first kappa shape index (κ1) is 12.5. The lowest BCUT2D eigenvalue weighted by Crippen LogP contribution is -2.34. The van der Waals surface area contributed by atoms with Crippen LogP contribution in [0.2, 0.25) is 0 Å². The van der Waals surface area contributed by atoms with Crippen LogP contribution in [0.25, 0.3) is 0 Å². The number of sulfone groups is 1. The summed E-state index contributed by atoms with van der Waals surface area (Å²) in [6.45, 7) is 1.65. The maximum absolute atomic E-state index is 11.6. The molecule has 1 fully saturated rings. The molecular weight excluding hydrogens is 238 g/mol. The van der Waals surface area contributed by atoms with Gasteiger partial charge in [-0.15, -0.1) is 0 Å². The number of benzene rings is 1. The van der Waals surface area contributed by atoms with Crippen molar-refractivity contribution in [1.29, 1.82) is 0 Å². The molecule has 0 bridgehead atoms. The fraction of sp³-hybridized carbons (Fsp3) is 0.500. The van der Waals surface area contributed by atoms with Gasteiger partial charge in [0, 0.05) is 12.2 Å². The summed E-state index contributed by atoms with van der Waals surface area (Å²) < 4.78 is 23.3. The zero-order valence-electron chi connectivity index (χ0n) is 9.92. The van der Waals surface area contributed by atoms with Crippen LogP contribution >= 0.6 is 0 Å². The molecule has 0 radical (unpaired) electrons. The summed E-state index contributed by atoms with van der Waals surface area (Å²) >= 11 is 0. The summed E-state index contributed by atoms with van der Waals surface area (Å²) in [5.41, 5.74) is 6.92. The molecule has 1 aliphatic rings. The van der Waals surface area contributed by atoms with Crippen LogP contribution in [0, 0.1) is 6.92 Å². The van der Waals surface area contributed by atoms with Crippen LogP contribution in [0.1, 0.15) is 17.0 Å². The van der Waals surface area contributed by atoms with Crippen LogP contribution in [-0.2, 0) is 9.84 Å². The highest BCUT2D eigenvalue weighted by Gasteiger charge is 2.67. The summed E-state index contributed by atoms with van der Waals surface area (Å²) in [6.07, 6.45) is 1.17. The van der Waals surface area contributed by atoms with Gasteiger partial charge in [0.1, 0.15) is 0 Å². The van der Waals surface area contributed by atoms with Crippen molar-refractivity contribution in [3.63, 3.8) is 0 Å². The van der Waals surface area contributed by atoms with Gasteiger partial charge in [-0.05, 0) is 12.5 Å². The Kier molecular flexibility index (Phi) is 2.80. The van der Waals surface area contributed by atoms with Gasteiger partial charge < -0.3 is 10.8 Å². The van der Waals surface area contributed by atoms with Crippen molar-refractivity contribution in [2.45, 2.75) is 23.6 Å². The van der Waals surface area contributed by atoms with Gasteiger partial charge >= 0.3 is 0 Å². The quantitative estimate of drug-likeness (QED) is 0.808. The summed E-state index contributed by atoms with van der Waals surface area (Å²) in [7, 11) is -3.24. The summed E-state index contributed by atoms with van der Waals surface area (Å²) in [5, 5.41) is 8.62. The third-order valence-corrected chi connectivity index (χ3v) is 5.11. The number of aliphatic hydroxyl groups is 1. The number of hydrogen-bond acceptors (Lipinski definition) is 4. The highest BCUT2D eigenvalue weighted by Crippen LogP contribution is 2.53. The highest BCUT2D eigenvalue weighted by molar-refractivity contribution is 7.91. The summed E-state index contributed by atoms with van der Waals surface area (Å²) in [4.78, 5) is 0. The van der Waals surface area contributed by atoms with E-state index in [0.717, 1.165) is 11.1 Å². The van der Waals surface area contributed by atoms with Crippen LogP contribution in [0.5, 0.6) is 0 Å². The van der Waals surface area contributed by atoms with E-state index in [1.165, 1.54) is 6.26 Å². The molecule has 0 aromatic heterocycles. The van der Waals surface area contributed by atoms with Gasteiger partial charge in [0.05, 0.1) is 17.4 Å². The van der Waals surface area contributed by atoms with Crippen LogP contribution in [0.3, 0.4) is 0 Å². The van der Waals surface area contributed by atoms with E-state index in [1.807, 2.05) is 31.2 Å². The molecule has 3 atom stereocenters. The van der Waals surface area contributed by atoms with E-state index in [0.29, 0.717) is 0 Å². The second-order valence-corrected chi connectivity index (χ2v) is 7.08. The SMILES string of the molecule is Cc1ccc([C@H]2[C@@H](S(C)(=O)=O)[C@@]2(N)CO)cc1. The predicted octanol–water partition coefficient (Wildman–Crippen LogP) is 0.195. The molecule has 5 heteroatoms. The van der Waals surface area contributed by atoms with E-state index >= 15 is 0 Å². The minimum absolute atomic E-state index is 0.303. The van der Waals surface area contributed by atoms with E-state index in [2.05, 4.69) is 0 Å². The van der Waals surface area contributed by atoms with Crippen LogP contribution in [-0.4, -0.2) is 37.2 Å². The maximum atomic E-state index is 11.6. The standard InChI is InChI=1S/C12H17NO3S/c1-8-3-5-9(6-4-8)10-11(17(2,15)16)12(10,13)7-14/h3-6,10-11,14H,7,13H2,1-2H3/t10-,11+,12+/m0/s1. The summed E-state index contributed by atoms with van der Waals surface area (Å²) in [5.74, 6) is -0.303. The van der Waals surface area contributed by atoms with Crippen molar-refractivity contribution in [3.05, 3.63) is 35.4 Å². The molecule has 4 nitrogen and oxygen atoms in total. The van der Waals surface area contributed by atoms with E-state index in [9.17, 15) is 13.5 Å². The van der Waals surface area contributed by atoms with Crippen molar-refractivity contribution < 1.29 is 13.5 Å². The molecule has 1 aromatic rings. The number of aryl methyl sites for hydroxylation is 1. The highest BCUT2D eigenvalue weighted by atomic mass is 32.2. The predicted molar refractivity (Wildman–Crippen MR) is 66.6 cm³/mol. The largest absolute Gasteiger partial charge is 0.394 e. The maximum Gasteiger partial charge on any atom is 0.152 e. The molecule has 0 spiro atoms. The van der Waals surface area contributed by atoms with Crippen LogP contribution < -0.4 is 5.73 Å². The van der Waals surface area contributed by atoms with E-state index < -0.39 is 20.6 Å². The third kappa shape index (κ3) is 1.99. The molecule has 0 amide bonds. The Bertz CT molecular complexity index is 523. The molecular formula is C12H17NO3S. The zero-order chi connectivity index (χ0) is 12.8. The molecule has 17 heavy (non-hydrogen) atoms. The van der Waals surface area contributed by atoms with E-state index in [-0.39, 0.29) is 12.5 Å². The minimum Gasteiger partial charge on any atom is -0.394 e. The smallest absolute Gasteiger partial charge is 0.152 e. The van der Waals surface area contributed by atoms with Gasteiger partial charge in [0.15, 0.2) is 9.84 Å². The minimum atomic E-state index is -3.24. The van der Waals surface area contributed by atoms with Crippen molar-refractivity contribution in [3.8, 4) is 0 Å². The van der Waals surface area contributed by atoms with Crippen LogP contribution in [0.4, 0.5) is 0 Å². The normalized spacial score (nSPS) is 32.5. The fourth-order valence-electron chi connectivity index (χ4n) is 2.52. The average molecular weight is 255 g/mol. The molecule has 0 heterocycles. The lowest BCUT2D eigenvalue weighted by Gasteiger charge is -2.06. The second-order valence-electron chi connectivity index (χ2n) is 4.91. The van der Waals surface area contributed by atoms with E-state index in [1.54, 1.807) is 0 Å². The second kappa shape index (κ2) is 3.80. The zero-order valence-corrected chi connectivity index (χ0v) is 10.7. The molecule has 3 N–H and O–H groups in total. The lowest BCUT2D eigenvalue weighted by molar-refractivity contribution is 0.253. The monoisotopic (exact) mass is 255 g/mol. The van der Waals surface area contributed by atoms with Crippen molar-refractivity contribution in [2.75, 3.05) is 12.9 Å². The molecule has 1 aromatic carbocycles. The Labute approximate surface area is 101 Å². The van der Waals surface area contributed by atoms with Gasteiger partial charge in [0.25, 0.3) is 0 Å². The van der Waals surface area contributed by atoms with E-state index in [4.69, 9.17) is 5.73 Å². The first-order valence-corrected chi connectivity index (χ1v) is 7.41. The summed E-state index contributed by atoms with van der Waals surface area (Å²) in [6, 6.07) is 7.60. The van der Waals surface area contributed by atoms with Crippen molar-refractivity contribution in [2.24, 2.45) is 5.73 Å². The van der Waals surface area contributed by atoms with Gasteiger partial charge in [-0.25, -0.2) is 8.42 Å². The van der Waals surface area contributed by atoms with Crippen molar-refractivity contribution >= 4 is 9.84 Å². The van der Waals surface area contributed by atoms with Gasteiger partial charge in [-0.1, -0.05) is 29.8 Å². The fourth-order valence-corrected chi connectivity index (χ4v) is 4.36. The average Bonchev–Trinajstić information content (AvgIpc) is 2.87. The molecule has 1 saturated carbocycles. The molecule has 1 aliphatic carbocycles. The molecule has 0 aliphatic heterocycles. The van der Waals surface area contributed by atoms with Gasteiger partial charge in [-0.2, -0.15) is 0 Å². The molecule has 2 rings (SSSR count).